The van der Waals surface area contributed by atoms with Crippen LogP contribution in [0, 0.1) is 6.92 Å². The van der Waals surface area contributed by atoms with Gasteiger partial charge in [-0.05, 0) is 32.9 Å². The lowest BCUT2D eigenvalue weighted by atomic mass is 10.0. The van der Waals surface area contributed by atoms with Crippen molar-refractivity contribution in [2.75, 3.05) is 19.6 Å². The summed E-state index contributed by atoms with van der Waals surface area (Å²) in [4.78, 5) is 2.54. The zero-order chi connectivity index (χ0) is 12.3. The van der Waals surface area contributed by atoms with Gasteiger partial charge in [-0.3, -0.25) is 9.58 Å². The van der Waals surface area contributed by atoms with E-state index in [2.05, 4.69) is 29.2 Å². The molecule has 1 fully saturated rings. The van der Waals surface area contributed by atoms with Crippen molar-refractivity contribution in [1.29, 1.82) is 0 Å². The average molecular weight is 236 g/mol. The first kappa shape index (κ1) is 12.6. The van der Waals surface area contributed by atoms with E-state index in [4.69, 9.17) is 0 Å². The lowest BCUT2D eigenvalue weighted by Gasteiger charge is -2.33. The lowest BCUT2D eigenvalue weighted by molar-refractivity contribution is 0.184. The molecular formula is C13H24N4. The Kier molecular flexibility index (Phi) is 4.18. The summed E-state index contributed by atoms with van der Waals surface area (Å²) in [6.07, 6.45) is 4.62. The standard InChI is InChI=1S/C13H24N4/c1-4-14-13-6-5-7-17(10-13)9-12-8-15-16(3)11(12)2/h8,13-14H,4-7,9-10H2,1-3H3. The van der Waals surface area contributed by atoms with Crippen molar-refractivity contribution in [2.45, 2.75) is 39.3 Å². The molecule has 0 spiro atoms. The number of nitrogens with zero attached hydrogens (tertiary/aromatic N) is 3. The van der Waals surface area contributed by atoms with Gasteiger partial charge in [-0.2, -0.15) is 5.10 Å². The SMILES string of the molecule is CCNC1CCCN(Cc2cnn(C)c2C)C1. The molecule has 2 heterocycles. The second-order valence-corrected chi connectivity index (χ2v) is 5.01. The van der Waals surface area contributed by atoms with Crippen molar-refractivity contribution in [3.8, 4) is 0 Å². The Morgan fingerprint density at radius 2 is 2.35 bits per heavy atom. The van der Waals surface area contributed by atoms with Crippen LogP contribution in [-0.4, -0.2) is 40.4 Å². The first-order valence-electron chi connectivity index (χ1n) is 6.64. The summed E-state index contributed by atoms with van der Waals surface area (Å²) in [7, 11) is 2.01. The van der Waals surface area contributed by atoms with Gasteiger partial charge >= 0.3 is 0 Å². The maximum Gasteiger partial charge on any atom is 0.0537 e. The topological polar surface area (TPSA) is 33.1 Å². The van der Waals surface area contributed by atoms with Gasteiger partial charge in [-0.1, -0.05) is 6.92 Å². The normalized spacial score (nSPS) is 21.9. The van der Waals surface area contributed by atoms with E-state index in [1.165, 1.54) is 37.2 Å². The van der Waals surface area contributed by atoms with E-state index in [1.54, 1.807) is 0 Å². The molecule has 0 amide bonds. The van der Waals surface area contributed by atoms with E-state index in [0.29, 0.717) is 6.04 Å². The van der Waals surface area contributed by atoms with Gasteiger partial charge in [-0.25, -0.2) is 0 Å². The van der Waals surface area contributed by atoms with Crippen molar-refractivity contribution in [1.82, 2.24) is 20.0 Å². The van der Waals surface area contributed by atoms with Crippen LogP contribution in [0.15, 0.2) is 6.20 Å². The van der Waals surface area contributed by atoms with Crippen molar-refractivity contribution in [3.05, 3.63) is 17.5 Å². The predicted molar refractivity (Wildman–Crippen MR) is 69.9 cm³/mol. The molecule has 1 aromatic heterocycles. The maximum atomic E-state index is 4.31. The van der Waals surface area contributed by atoms with Gasteiger partial charge in [0.05, 0.1) is 6.20 Å². The summed E-state index contributed by atoms with van der Waals surface area (Å²) in [6, 6.07) is 0.672. The van der Waals surface area contributed by atoms with Crippen LogP contribution >= 0.6 is 0 Å². The molecule has 0 bridgehead atoms. The van der Waals surface area contributed by atoms with Crippen molar-refractivity contribution in [3.63, 3.8) is 0 Å². The summed E-state index contributed by atoms with van der Waals surface area (Å²) in [5.74, 6) is 0. The van der Waals surface area contributed by atoms with Gasteiger partial charge in [0.2, 0.25) is 0 Å². The number of nitrogens with one attached hydrogen (secondary N) is 1. The van der Waals surface area contributed by atoms with Crippen LogP contribution in [0.1, 0.15) is 31.0 Å². The minimum absolute atomic E-state index is 0.672. The molecule has 0 radical (unpaired) electrons. The van der Waals surface area contributed by atoms with E-state index in [0.717, 1.165) is 13.1 Å². The quantitative estimate of drug-likeness (QED) is 0.855. The molecule has 1 saturated heterocycles. The van der Waals surface area contributed by atoms with E-state index >= 15 is 0 Å². The minimum Gasteiger partial charge on any atom is -0.313 e. The Balaban J connectivity index is 1.92. The molecule has 4 nitrogen and oxygen atoms in total. The van der Waals surface area contributed by atoms with Gasteiger partial charge in [-0.15, -0.1) is 0 Å². The van der Waals surface area contributed by atoms with Gasteiger partial charge in [0, 0.05) is 37.4 Å². The van der Waals surface area contributed by atoms with Crippen molar-refractivity contribution >= 4 is 0 Å². The number of likely N-dealkylation sites (tertiary alicyclic amines) is 1. The Bertz CT molecular complexity index is 356. The highest BCUT2D eigenvalue weighted by molar-refractivity contribution is 5.15. The number of aromatic nitrogens is 2. The molecule has 4 heteroatoms. The van der Waals surface area contributed by atoms with Gasteiger partial charge < -0.3 is 5.32 Å². The molecule has 96 valence electrons. The number of likely N-dealkylation sites (N-methyl/N-ethyl adjacent to an activating group) is 1. The van der Waals surface area contributed by atoms with E-state index in [9.17, 15) is 0 Å². The molecule has 1 N–H and O–H groups in total. The van der Waals surface area contributed by atoms with Crippen LogP contribution in [0.4, 0.5) is 0 Å². The van der Waals surface area contributed by atoms with Crippen molar-refractivity contribution in [2.24, 2.45) is 7.05 Å². The fourth-order valence-corrected chi connectivity index (χ4v) is 2.59. The molecule has 17 heavy (non-hydrogen) atoms. The summed E-state index contributed by atoms with van der Waals surface area (Å²) in [6.45, 7) is 8.84. The van der Waals surface area contributed by atoms with Crippen LogP contribution in [0.5, 0.6) is 0 Å². The molecular weight excluding hydrogens is 212 g/mol. The van der Waals surface area contributed by atoms with E-state index in [-0.39, 0.29) is 0 Å². The highest BCUT2D eigenvalue weighted by atomic mass is 15.3. The highest BCUT2D eigenvalue weighted by Gasteiger charge is 2.19. The monoisotopic (exact) mass is 236 g/mol. The lowest BCUT2D eigenvalue weighted by Crippen LogP contribution is -2.45. The fraction of sp³-hybridized carbons (Fsp3) is 0.769. The summed E-state index contributed by atoms with van der Waals surface area (Å²) < 4.78 is 1.96. The summed E-state index contributed by atoms with van der Waals surface area (Å²) in [5.41, 5.74) is 2.65. The van der Waals surface area contributed by atoms with E-state index < -0.39 is 0 Å². The molecule has 0 saturated carbocycles. The number of aryl methyl sites for hydroxylation is 1. The molecule has 1 unspecified atom stereocenters. The summed E-state index contributed by atoms with van der Waals surface area (Å²) >= 11 is 0. The Hall–Kier alpha value is -0.870. The van der Waals surface area contributed by atoms with Crippen LogP contribution in [0.3, 0.4) is 0 Å². The molecule has 1 aromatic rings. The van der Waals surface area contributed by atoms with Crippen LogP contribution < -0.4 is 5.32 Å². The zero-order valence-electron chi connectivity index (χ0n) is 11.2. The van der Waals surface area contributed by atoms with Gasteiger partial charge in [0.25, 0.3) is 0 Å². The molecule has 2 rings (SSSR count). The maximum absolute atomic E-state index is 4.31. The van der Waals surface area contributed by atoms with Gasteiger partial charge in [0.1, 0.15) is 0 Å². The summed E-state index contributed by atoms with van der Waals surface area (Å²) in [5, 5.41) is 7.87. The van der Waals surface area contributed by atoms with Crippen molar-refractivity contribution < 1.29 is 0 Å². The predicted octanol–water partition coefficient (Wildman–Crippen LogP) is 1.30. The molecule has 1 aliphatic heterocycles. The van der Waals surface area contributed by atoms with Gasteiger partial charge in [0.15, 0.2) is 0 Å². The third-order valence-electron chi connectivity index (χ3n) is 3.73. The Morgan fingerprint density at radius 1 is 1.53 bits per heavy atom. The smallest absolute Gasteiger partial charge is 0.0537 e. The van der Waals surface area contributed by atoms with E-state index in [1.807, 2.05) is 17.9 Å². The molecule has 0 aliphatic carbocycles. The number of rotatable bonds is 4. The third kappa shape index (κ3) is 3.07. The first-order valence-corrected chi connectivity index (χ1v) is 6.64. The number of hydrogen-bond donors (Lipinski definition) is 1. The molecule has 1 aliphatic rings. The van der Waals surface area contributed by atoms with Crippen LogP contribution in [0.25, 0.3) is 0 Å². The Labute approximate surface area is 104 Å². The van der Waals surface area contributed by atoms with Crippen LogP contribution in [-0.2, 0) is 13.6 Å². The fourth-order valence-electron chi connectivity index (χ4n) is 2.59. The second kappa shape index (κ2) is 5.65. The zero-order valence-corrected chi connectivity index (χ0v) is 11.2. The highest BCUT2D eigenvalue weighted by Crippen LogP contribution is 2.15. The number of hydrogen-bond acceptors (Lipinski definition) is 3. The van der Waals surface area contributed by atoms with Crippen LogP contribution in [0.2, 0.25) is 0 Å². The molecule has 0 aromatic carbocycles. The first-order chi connectivity index (χ1) is 8.20. The third-order valence-corrected chi connectivity index (χ3v) is 3.73. The second-order valence-electron chi connectivity index (χ2n) is 5.01. The minimum atomic E-state index is 0.672. The number of piperidine rings is 1. The molecule has 1 atom stereocenters. The average Bonchev–Trinajstić information content (AvgIpc) is 2.62. The Morgan fingerprint density at radius 3 is 3.00 bits per heavy atom. The largest absolute Gasteiger partial charge is 0.313 e.